The van der Waals surface area contributed by atoms with Crippen molar-refractivity contribution in [3.8, 4) is 0 Å². The third-order valence-corrected chi connectivity index (χ3v) is 1.77. The van der Waals surface area contributed by atoms with Crippen LogP contribution in [-0.2, 0) is 19.1 Å². The van der Waals surface area contributed by atoms with E-state index in [1.54, 1.807) is 27.7 Å². The van der Waals surface area contributed by atoms with Crippen LogP contribution >= 0.6 is 0 Å². The molecule has 0 aromatic rings. The molecule has 5 heteroatoms. The fourth-order valence-corrected chi connectivity index (χ4v) is 0.889. The van der Waals surface area contributed by atoms with Gasteiger partial charge in [-0.25, -0.2) is 0 Å². The minimum atomic E-state index is -0.872. The van der Waals surface area contributed by atoms with Crippen LogP contribution in [0.4, 0.5) is 0 Å². The Morgan fingerprint density at radius 1 is 1.13 bits per heavy atom. The van der Waals surface area contributed by atoms with Gasteiger partial charge >= 0.3 is 11.9 Å². The molecule has 0 saturated heterocycles. The van der Waals surface area contributed by atoms with Crippen LogP contribution in [0.15, 0.2) is 0 Å². The summed E-state index contributed by atoms with van der Waals surface area (Å²) >= 11 is 0. The maximum absolute atomic E-state index is 11.4. The predicted octanol–water partition coefficient (Wildman–Crippen LogP) is 0.481. The first-order chi connectivity index (χ1) is 6.94. The van der Waals surface area contributed by atoms with Gasteiger partial charge in [0.1, 0.15) is 5.54 Å². The van der Waals surface area contributed by atoms with E-state index in [4.69, 9.17) is 9.47 Å². The molecule has 88 valence electrons. The van der Waals surface area contributed by atoms with Gasteiger partial charge in [-0.3, -0.25) is 14.9 Å². The first-order valence-electron chi connectivity index (χ1n) is 5.02. The Morgan fingerprint density at radius 2 is 1.67 bits per heavy atom. The standard InChI is InChI=1S/C10H19NO4/c1-5-14-8(12)7-11-10(3,4)9(13)15-6-2/h11H,5-7H2,1-4H3. The number of hydrogen-bond donors (Lipinski definition) is 1. The molecule has 0 aliphatic rings. The van der Waals surface area contributed by atoms with Gasteiger partial charge in [-0.05, 0) is 27.7 Å². The Balaban J connectivity index is 4.03. The van der Waals surface area contributed by atoms with E-state index in [-0.39, 0.29) is 18.5 Å². The normalized spacial score (nSPS) is 10.9. The summed E-state index contributed by atoms with van der Waals surface area (Å²) in [6.45, 7) is 7.44. The smallest absolute Gasteiger partial charge is 0.325 e. The van der Waals surface area contributed by atoms with Crippen molar-refractivity contribution >= 4 is 11.9 Å². The van der Waals surface area contributed by atoms with E-state index in [1.165, 1.54) is 0 Å². The van der Waals surface area contributed by atoms with Gasteiger partial charge in [0.15, 0.2) is 0 Å². The largest absolute Gasteiger partial charge is 0.465 e. The molecule has 5 nitrogen and oxygen atoms in total. The minimum absolute atomic E-state index is 0.000343. The van der Waals surface area contributed by atoms with Gasteiger partial charge in [0.2, 0.25) is 0 Å². The summed E-state index contributed by atoms with van der Waals surface area (Å²) < 4.78 is 9.57. The van der Waals surface area contributed by atoms with Crippen molar-refractivity contribution in [2.24, 2.45) is 0 Å². The fraction of sp³-hybridized carbons (Fsp3) is 0.800. The topological polar surface area (TPSA) is 64.6 Å². The Bertz CT molecular complexity index is 225. The summed E-state index contributed by atoms with van der Waals surface area (Å²) in [5.74, 6) is -0.760. The van der Waals surface area contributed by atoms with Crippen LogP contribution < -0.4 is 5.32 Å². The Kier molecular flexibility index (Phi) is 5.93. The lowest BCUT2D eigenvalue weighted by atomic mass is 10.1. The SMILES string of the molecule is CCOC(=O)CNC(C)(C)C(=O)OCC. The third kappa shape index (κ3) is 5.37. The molecule has 0 rings (SSSR count). The maximum Gasteiger partial charge on any atom is 0.325 e. The van der Waals surface area contributed by atoms with E-state index in [1.807, 2.05) is 0 Å². The zero-order valence-corrected chi connectivity index (χ0v) is 9.75. The fourth-order valence-electron chi connectivity index (χ4n) is 0.889. The number of carbonyl (C=O) groups is 2. The van der Waals surface area contributed by atoms with Gasteiger partial charge in [-0.15, -0.1) is 0 Å². The number of rotatable bonds is 6. The molecular formula is C10H19NO4. The Labute approximate surface area is 90.1 Å². The lowest BCUT2D eigenvalue weighted by molar-refractivity contribution is -0.150. The van der Waals surface area contributed by atoms with E-state index in [0.29, 0.717) is 13.2 Å². The second kappa shape index (κ2) is 6.40. The second-order valence-electron chi connectivity index (χ2n) is 3.50. The average molecular weight is 217 g/mol. The zero-order chi connectivity index (χ0) is 11.9. The molecular weight excluding hydrogens is 198 g/mol. The predicted molar refractivity (Wildman–Crippen MR) is 55.3 cm³/mol. The molecule has 0 aromatic carbocycles. The van der Waals surface area contributed by atoms with Crippen LogP contribution in [0.5, 0.6) is 0 Å². The molecule has 0 atom stereocenters. The third-order valence-electron chi connectivity index (χ3n) is 1.77. The van der Waals surface area contributed by atoms with Gasteiger partial charge in [-0.2, -0.15) is 0 Å². The average Bonchev–Trinajstić information content (AvgIpc) is 2.16. The van der Waals surface area contributed by atoms with E-state index < -0.39 is 5.54 Å². The molecule has 0 bridgehead atoms. The van der Waals surface area contributed by atoms with Crippen molar-refractivity contribution in [2.45, 2.75) is 33.2 Å². The first kappa shape index (κ1) is 13.9. The van der Waals surface area contributed by atoms with E-state index in [0.717, 1.165) is 0 Å². The Hall–Kier alpha value is -1.10. The summed E-state index contributed by atoms with van der Waals surface area (Å²) in [5.41, 5.74) is -0.872. The molecule has 0 heterocycles. The summed E-state index contributed by atoms with van der Waals surface area (Å²) in [5, 5.41) is 2.78. The molecule has 0 saturated carbocycles. The van der Waals surface area contributed by atoms with Crippen molar-refractivity contribution in [1.29, 1.82) is 0 Å². The van der Waals surface area contributed by atoms with Crippen molar-refractivity contribution in [3.05, 3.63) is 0 Å². The van der Waals surface area contributed by atoms with Crippen molar-refractivity contribution in [1.82, 2.24) is 5.32 Å². The van der Waals surface area contributed by atoms with E-state index >= 15 is 0 Å². The number of carbonyl (C=O) groups excluding carboxylic acids is 2. The molecule has 0 radical (unpaired) electrons. The van der Waals surface area contributed by atoms with Crippen LogP contribution in [-0.4, -0.2) is 37.2 Å². The number of esters is 2. The monoisotopic (exact) mass is 217 g/mol. The van der Waals surface area contributed by atoms with Gasteiger partial charge in [0.05, 0.1) is 19.8 Å². The van der Waals surface area contributed by atoms with Gasteiger partial charge in [0.25, 0.3) is 0 Å². The maximum atomic E-state index is 11.4. The number of nitrogens with one attached hydrogen (secondary N) is 1. The zero-order valence-electron chi connectivity index (χ0n) is 9.75. The van der Waals surface area contributed by atoms with Crippen LogP contribution in [0.3, 0.4) is 0 Å². The summed E-state index contributed by atoms with van der Waals surface area (Å²) in [6, 6.07) is 0. The minimum Gasteiger partial charge on any atom is -0.465 e. The van der Waals surface area contributed by atoms with Crippen LogP contribution in [0.25, 0.3) is 0 Å². The molecule has 0 aromatic heterocycles. The lowest BCUT2D eigenvalue weighted by Crippen LogP contribution is -2.49. The molecule has 0 aliphatic carbocycles. The van der Waals surface area contributed by atoms with Crippen molar-refractivity contribution in [2.75, 3.05) is 19.8 Å². The van der Waals surface area contributed by atoms with Crippen LogP contribution in [0.2, 0.25) is 0 Å². The van der Waals surface area contributed by atoms with Crippen LogP contribution in [0.1, 0.15) is 27.7 Å². The molecule has 0 amide bonds. The highest BCUT2D eigenvalue weighted by atomic mass is 16.5. The number of ether oxygens (including phenoxy) is 2. The summed E-state index contributed by atoms with van der Waals surface area (Å²) in [4.78, 5) is 22.4. The second-order valence-corrected chi connectivity index (χ2v) is 3.50. The highest BCUT2D eigenvalue weighted by molar-refractivity contribution is 5.81. The highest BCUT2D eigenvalue weighted by Gasteiger charge is 2.29. The number of hydrogen-bond acceptors (Lipinski definition) is 5. The molecule has 0 aliphatic heterocycles. The van der Waals surface area contributed by atoms with E-state index in [2.05, 4.69) is 5.32 Å². The Morgan fingerprint density at radius 3 is 2.13 bits per heavy atom. The lowest BCUT2D eigenvalue weighted by Gasteiger charge is -2.23. The van der Waals surface area contributed by atoms with E-state index in [9.17, 15) is 9.59 Å². The molecule has 0 unspecified atom stereocenters. The highest BCUT2D eigenvalue weighted by Crippen LogP contribution is 2.04. The van der Waals surface area contributed by atoms with Gasteiger partial charge in [-0.1, -0.05) is 0 Å². The molecule has 0 spiro atoms. The van der Waals surface area contributed by atoms with Crippen LogP contribution in [0, 0.1) is 0 Å². The van der Waals surface area contributed by atoms with Crippen molar-refractivity contribution < 1.29 is 19.1 Å². The van der Waals surface area contributed by atoms with Gasteiger partial charge < -0.3 is 9.47 Å². The first-order valence-corrected chi connectivity index (χ1v) is 5.02. The molecule has 15 heavy (non-hydrogen) atoms. The molecule has 0 fully saturated rings. The quantitative estimate of drug-likeness (QED) is 0.656. The van der Waals surface area contributed by atoms with Gasteiger partial charge in [0, 0.05) is 0 Å². The van der Waals surface area contributed by atoms with Crippen molar-refractivity contribution in [3.63, 3.8) is 0 Å². The summed E-state index contributed by atoms with van der Waals surface area (Å²) in [7, 11) is 0. The summed E-state index contributed by atoms with van der Waals surface area (Å²) in [6.07, 6.45) is 0. The molecule has 1 N–H and O–H groups in total.